The number of ether oxygens (including phenoxy) is 2. The Morgan fingerprint density at radius 3 is 2.72 bits per heavy atom. The maximum Gasteiger partial charge on any atom is 0.293 e. The highest BCUT2D eigenvalue weighted by molar-refractivity contribution is 8.18. The van der Waals surface area contributed by atoms with Crippen LogP contribution in [0, 0.1) is 5.82 Å². The SMILES string of the molecule is COc1cc(/C=C2\SC(=O)N(Cc3ccccc3F)C2=O)ccc1OCC(=O)NC1CC1. The average Bonchev–Trinajstić information content (AvgIpc) is 3.56. The fourth-order valence-corrected chi connectivity index (χ4v) is 3.96. The first kappa shape index (κ1) is 21.9. The van der Waals surface area contributed by atoms with Gasteiger partial charge >= 0.3 is 0 Å². The minimum Gasteiger partial charge on any atom is -0.493 e. The van der Waals surface area contributed by atoms with Crippen LogP contribution in [0.5, 0.6) is 11.5 Å². The molecule has 1 N–H and O–H groups in total. The summed E-state index contributed by atoms with van der Waals surface area (Å²) in [4.78, 5) is 38.1. The molecule has 32 heavy (non-hydrogen) atoms. The van der Waals surface area contributed by atoms with Gasteiger partial charge in [-0.1, -0.05) is 24.3 Å². The second-order valence-electron chi connectivity index (χ2n) is 7.40. The second kappa shape index (κ2) is 9.44. The van der Waals surface area contributed by atoms with E-state index in [4.69, 9.17) is 9.47 Å². The van der Waals surface area contributed by atoms with Gasteiger partial charge in [-0.25, -0.2) is 4.39 Å². The number of amides is 3. The largest absolute Gasteiger partial charge is 0.493 e. The molecule has 0 atom stereocenters. The predicted octanol–water partition coefficient (Wildman–Crippen LogP) is 3.73. The first-order chi connectivity index (χ1) is 15.4. The highest BCUT2D eigenvalue weighted by Crippen LogP contribution is 2.35. The Morgan fingerprint density at radius 1 is 1.22 bits per heavy atom. The molecular weight excluding hydrogens is 435 g/mol. The van der Waals surface area contributed by atoms with E-state index in [1.54, 1.807) is 36.4 Å². The monoisotopic (exact) mass is 456 g/mol. The molecule has 166 valence electrons. The van der Waals surface area contributed by atoms with E-state index in [1.807, 2.05) is 0 Å². The van der Waals surface area contributed by atoms with E-state index in [1.165, 1.54) is 19.2 Å². The molecule has 0 bridgehead atoms. The van der Waals surface area contributed by atoms with Crippen molar-refractivity contribution in [3.63, 3.8) is 0 Å². The van der Waals surface area contributed by atoms with Gasteiger partial charge < -0.3 is 14.8 Å². The molecule has 9 heteroatoms. The molecule has 1 aliphatic carbocycles. The summed E-state index contributed by atoms with van der Waals surface area (Å²) >= 11 is 0.796. The van der Waals surface area contributed by atoms with Crippen molar-refractivity contribution in [1.29, 1.82) is 0 Å². The van der Waals surface area contributed by atoms with Crippen molar-refractivity contribution in [1.82, 2.24) is 10.2 Å². The zero-order valence-corrected chi connectivity index (χ0v) is 18.1. The minimum atomic E-state index is -0.487. The van der Waals surface area contributed by atoms with Crippen molar-refractivity contribution in [2.24, 2.45) is 0 Å². The molecule has 0 radical (unpaired) electrons. The molecule has 2 aromatic rings. The van der Waals surface area contributed by atoms with Crippen LogP contribution in [-0.2, 0) is 16.1 Å². The number of nitrogens with one attached hydrogen (secondary N) is 1. The number of hydrogen-bond donors (Lipinski definition) is 1. The van der Waals surface area contributed by atoms with Crippen molar-refractivity contribution in [2.45, 2.75) is 25.4 Å². The lowest BCUT2D eigenvalue weighted by molar-refractivity contribution is -0.124. The van der Waals surface area contributed by atoms with Crippen LogP contribution in [-0.4, -0.2) is 41.7 Å². The fraction of sp³-hybridized carbons (Fsp3) is 0.261. The van der Waals surface area contributed by atoms with Crippen LogP contribution in [0.3, 0.4) is 0 Å². The van der Waals surface area contributed by atoms with E-state index < -0.39 is 17.0 Å². The molecular formula is C23H21FN2O5S. The van der Waals surface area contributed by atoms with E-state index in [0.29, 0.717) is 17.1 Å². The molecule has 3 amide bonds. The summed E-state index contributed by atoms with van der Waals surface area (Å²) < 4.78 is 24.8. The number of benzene rings is 2. The summed E-state index contributed by atoms with van der Waals surface area (Å²) in [6.45, 7) is -0.255. The third kappa shape index (κ3) is 5.11. The molecule has 1 aliphatic heterocycles. The van der Waals surface area contributed by atoms with Crippen molar-refractivity contribution in [3.05, 3.63) is 64.3 Å². The molecule has 2 aliphatic rings. The van der Waals surface area contributed by atoms with E-state index in [9.17, 15) is 18.8 Å². The van der Waals surface area contributed by atoms with Crippen LogP contribution in [0.2, 0.25) is 0 Å². The van der Waals surface area contributed by atoms with E-state index in [2.05, 4.69) is 5.32 Å². The van der Waals surface area contributed by atoms with Crippen molar-refractivity contribution >= 4 is 34.9 Å². The van der Waals surface area contributed by atoms with Crippen LogP contribution in [0.4, 0.5) is 9.18 Å². The number of halogens is 1. The van der Waals surface area contributed by atoms with Gasteiger partial charge in [0.05, 0.1) is 18.6 Å². The van der Waals surface area contributed by atoms with E-state index in [-0.39, 0.29) is 35.6 Å². The number of methoxy groups -OCH3 is 1. The molecule has 2 aromatic carbocycles. The van der Waals surface area contributed by atoms with E-state index >= 15 is 0 Å². The Bertz CT molecular complexity index is 1100. The molecule has 0 aromatic heterocycles. The average molecular weight is 456 g/mol. The first-order valence-corrected chi connectivity index (χ1v) is 10.8. The third-order valence-electron chi connectivity index (χ3n) is 4.95. The first-order valence-electron chi connectivity index (χ1n) is 10.0. The summed E-state index contributed by atoms with van der Waals surface area (Å²) in [5.41, 5.74) is 0.887. The lowest BCUT2D eigenvalue weighted by Gasteiger charge is -2.13. The highest BCUT2D eigenvalue weighted by atomic mass is 32.2. The Hall–Kier alpha value is -3.33. The van der Waals surface area contributed by atoms with Crippen LogP contribution >= 0.6 is 11.8 Å². The zero-order chi connectivity index (χ0) is 22.7. The smallest absolute Gasteiger partial charge is 0.293 e. The number of nitrogens with zero attached hydrogens (tertiary/aromatic N) is 1. The number of imide groups is 1. The number of hydrogen-bond acceptors (Lipinski definition) is 6. The number of carbonyl (C=O) groups is 3. The van der Waals surface area contributed by atoms with Crippen molar-refractivity contribution < 1.29 is 28.2 Å². The maximum atomic E-state index is 13.9. The lowest BCUT2D eigenvalue weighted by atomic mass is 10.1. The number of thioether (sulfide) groups is 1. The quantitative estimate of drug-likeness (QED) is 0.610. The van der Waals surface area contributed by atoms with Gasteiger partial charge in [0.2, 0.25) is 0 Å². The molecule has 1 saturated heterocycles. The van der Waals surface area contributed by atoms with Crippen LogP contribution in [0.15, 0.2) is 47.4 Å². The molecule has 7 nitrogen and oxygen atoms in total. The number of rotatable bonds is 8. The van der Waals surface area contributed by atoms with Gasteiger partial charge in [-0.15, -0.1) is 0 Å². The molecule has 0 unspecified atom stereocenters. The number of carbonyl (C=O) groups excluding carboxylic acids is 3. The van der Waals surface area contributed by atoms with Crippen LogP contribution < -0.4 is 14.8 Å². The summed E-state index contributed by atoms with van der Waals surface area (Å²) in [7, 11) is 1.47. The molecule has 1 heterocycles. The molecule has 4 rings (SSSR count). The van der Waals surface area contributed by atoms with Gasteiger partial charge in [0.15, 0.2) is 18.1 Å². The van der Waals surface area contributed by atoms with Gasteiger partial charge in [-0.05, 0) is 54.4 Å². The second-order valence-corrected chi connectivity index (χ2v) is 8.39. The maximum absolute atomic E-state index is 13.9. The lowest BCUT2D eigenvalue weighted by Crippen LogP contribution is -2.30. The van der Waals surface area contributed by atoms with E-state index in [0.717, 1.165) is 29.5 Å². The highest BCUT2D eigenvalue weighted by Gasteiger charge is 2.35. The van der Waals surface area contributed by atoms with Crippen LogP contribution in [0.25, 0.3) is 6.08 Å². The predicted molar refractivity (Wildman–Crippen MR) is 118 cm³/mol. The Labute approximate surface area is 188 Å². The minimum absolute atomic E-state index is 0.124. The van der Waals surface area contributed by atoms with Gasteiger partial charge in [0.1, 0.15) is 5.82 Å². The summed E-state index contributed by atoms with van der Waals surface area (Å²) in [5.74, 6) is -0.366. The van der Waals surface area contributed by atoms with Gasteiger partial charge in [-0.2, -0.15) is 0 Å². The standard InChI is InChI=1S/C23H21FN2O5S/c1-30-19-10-14(6-9-18(19)31-13-21(27)25-16-7-8-16)11-20-22(28)26(23(29)32-20)12-15-4-2-3-5-17(15)24/h2-6,9-11,16H,7-8,12-13H2,1H3,(H,25,27)/b20-11-. The third-order valence-corrected chi connectivity index (χ3v) is 5.85. The molecule has 2 fully saturated rings. The molecule has 0 spiro atoms. The molecule has 1 saturated carbocycles. The summed E-state index contributed by atoms with van der Waals surface area (Å²) in [6.07, 6.45) is 3.56. The Morgan fingerprint density at radius 2 is 2.00 bits per heavy atom. The Balaban J connectivity index is 1.45. The van der Waals surface area contributed by atoms with Gasteiger partial charge in [0.25, 0.3) is 17.1 Å². The fourth-order valence-electron chi connectivity index (χ4n) is 3.12. The van der Waals surface area contributed by atoms with Gasteiger partial charge in [-0.3, -0.25) is 19.3 Å². The summed E-state index contributed by atoms with van der Waals surface area (Å²) in [5, 5.41) is 2.38. The summed E-state index contributed by atoms with van der Waals surface area (Å²) in [6, 6.07) is 11.3. The van der Waals surface area contributed by atoms with Crippen LogP contribution in [0.1, 0.15) is 24.0 Å². The zero-order valence-electron chi connectivity index (χ0n) is 17.3. The Kier molecular flexibility index (Phi) is 6.45. The van der Waals surface area contributed by atoms with Crippen molar-refractivity contribution in [2.75, 3.05) is 13.7 Å². The van der Waals surface area contributed by atoms with Gasteiger partial charge in [0, 0.05) is 11.6 Å². The normalized spacial score (nSPS) is 17.1. The topological polar surface area (TPSA) is 84.9 Å². The van der Waals surface area contributed by atoms with Crippen molar-refractivity contribution in [3.8, 4) is 11.5 Å².